The van der Waals surface area contributed by atoms with Gasteiger partial charge in [-0.15, -0.1) is 0 Å². The number of rotatable bonds is 1. The summed E-state index contributed by atoms with van der Waals surface area (Å²) in [6.07, 6.45) is 12.2. The highest BCUT2D eigenvalue weighted by Gasteiger charge is 2.67. The van der Waals surface area contributed by atoms with Gasteiger partial charge in [-0.2, -0.15) is 0 Å². The van der Waals surface area contributed by atoms with E-state index in [1.54, 1.807) is 0 Å². The molecule has 3 fully saturated rings. The Balaban J connectivity index is 1.64. The Hall–Kier alpha value is -1.81. The number of hydrogen-bond acceptors (Lipinski definition) is 3. The van der Waals surface area contributed by atoms with Crippen molar-refractivity contribution in [2.45, 2.75) is 92.6 Å². The van der Waals surface area contributed by atoms with E-state index < -0.39 is 17.5 Å². The Kier molecular flexibility index (Phi) is 4.63. The summed E-state index contributed by atoms with van der Waals surface area (Å²) in [6, 6.07) is 0. The number of fused-ring (bicyclic) bond motifs is 7. The Morgan fingerprint density at radius 2 is 1.64 bits per heavy atom. The Morgan fingerprint density at radius 3 is 2.30 bits per heavy atom. The molecule has 180 valence electrons. The summed E-state index contributed by atoms with van der Waals surface area (Å²) in [5, 5.41) is 31.0. The first-order valence-electron chi connectivity index (χ1n) is 12.7. The average Bonchev–Trinajstić information content (AvgIpc) is 2.75. The summed E-state index contributed by atoms with van der Waals surface area (Å²) in [5.74, 6) is -0.221. The van der Waals surface area contributed by atoms with Gasteiger partial charge in [0.25, 0.3) is 0 Å². The SMILES string of the molecule is CC1=C(O)C(O)C=C2C1=CC=C1[C@@]2(C)CC[C@@]2(C)C3C[C@](C)(C(=O)O)CC[C@]3(C)CC[C@]12C. The second-order valence-corrected chi connectivity index (χ2v) is 13.1. The van der Waals surface area contributed by atoms with Gasteiger partial charge in [0.05, 0.1) is 5.41 Å². The quantitative estimate of drug-likeness (QED) is 0.425. The van der Waals surface area contributed by atoms with Crippen molar-refractivity contribution in [1.82, 2.24) is 0 Å². The number of hydrogen-bond donors (Lipinski definition) is 3. The molecule has 0 aromatic rings. The standard InChI is InChI=1S/C29H40O4/c1-17-18-7-8-21-27(4,19(18)15-20(30)23(17)31)12-14-29(6)22-16-26(3,24(32)33)10-9-25(22,2)11-13-28(21,29)5/h7-8,15,20,22,30-31H,9-14,16H2,1-6H3,(H,32,33)/t20?,22?,25-,26-,27+,28-,29+/m1/s1. The zero-order valence-electron chi connectivity index (χ0n) is 21.1. The van der Waals surface area contributed by atoms with E-state index in [1.165, 1.54) is 5.57 Å². The molecule has 5 aliphatic rings. The van der Waals surface area contributed by atoms with Crippen LogP contribution < -0.4 is 0 Å². The highest BCUT2D eigenvalue weighted by molar-refractivity contribution is 5.74. The van der Waals surface area contributed by atoms with Crippen molar-refractivity contribution < 1.29 is 20.1 Å². The number of carbonyl (C=O) groups is 1. The lowest BCUT2D eigenvalue weighted by Crippen LogP contribution is -2.62. The molecule has 33 heavy (non-hydrogen) atoms. The van der Waals surface area contributed by atoms with E-state index in [0.717, 1.165) is 61.7 Å². The minimum Gasteiger partial charge on any atom is -0.509 e. The van der Waals surface area contributed by atoms with Crippen LogP contribution in [0.3, 0.4) is 0 Å². The third-order valence-electron chi connectivity index (χ3n) is 11.5. The molecular weight excluding hydrogens is 412 g/mol. The number of carboxylic acids is 1. The van der Waals surface area contributed by atoms with E-state index in [9.17, 15) is 20.1 Å². The van der Waals surface area contributed by atoms with Gasteiger partial charge in [0, 0.05) is 5.41 Å². The smallest absolute Gasteiger partial charge is 0.309 e. The van der Waals surface area contributed by atoms with Crippen LogP contribution in [0.15, 0.2) is 46.3 Å². The number of carboxylic acid groups (broad SMARTS) is 1. The predicted octanol–water partition coefficient (Wildman–Crippen LogP) is 6.49. The molecule has 0 saturated heterocycles. The number of aliphatic hydroxyl groups is 2. The van der Waals surface area contributed by atoms with E-state index in [1.807, 2.05) is 19.9 Å². The summed E-state index contributed by atoms with van der Waals surface area (Å²) in [5.41, 5.74) is 3.76. The maximum atomic E-state index is 12.2. The van der Waals surface area contributed by atoms with Crippen LogP contribution in [-0.2, 0) is 4.79 Å². The van der Waals surface area contributed by atoms with Crippen molar-refractivity contribution in [2.24, 2.45) is 33.0 Å². The molecule has 4 nitrogen and oxygen atoms in total. The number of aliphatic hydroxyl groups excluding tert-OH is 2. The van der Waals surface area contributed by atoms with Crippen LogP contribution in [-0.4, -0.2) is 27.4 Å². The fraction of sp³-hybridized carbons (Fsp3) is 0.690. The van der Waals surface area contributed by atoms with E-state index in [0.29, 0.717) is 5.92 Å². The third kappa shape index (κ3) is 2.70. The molecule has 2 unspecified atom stereocenters. The molecule has 4 heteroatoms. The summed E-state index contributed by atoms with van der Waals surface area (Å²) in [6.45, 7) is 13.5. The summed E-state index contributed by atoms with van der Waals surface area (Å²) in [4.78, 5) is 12.2. The molecule has 3 N–H and O–H groups in total. The summed E-state index contributed by atoms with van der Waals surface area (Å²) < 4.78 is 0. The van der Waals surface area contributed by atoms with Crippen molar-refractivity contribution in [3.05, 3.63) is 46.3 Å². The minimum atomic E-state index is -0.946. The molecule has 0 radical (unpaired) electrons. The number of allylic oxidation sites excluding steroid dienone is 6. The molecule has 0 bridgehead atoms. The molecule has 3 saturated carbocycles. The van der Waals surface area contributed by atoms with Gasteiger partial charge in [-0.3, -0.25) is 4.79 Å². The molecule has 0 heterocycles. The van der Waals surface area contributed by atoms with Crippen LogP contribution in [0.25, 0.3) is 0 Å². The molecule has 0 aromatic heterocycles. The van der Waals surface area contributed by atoms with Gasteiger partial charge >= 0.3 is 5.97 Å². The van der Waals surface area contributed by atoms with E-state index in [4.69, 9.17) is 0 Å². The van der Waals surface area contributed by atoms with E-state index in [2.05, 4.69) is 39.8 Å². The minimum absolute atomic E-state index is 0.0225. The molecule has 0 aromatic carbocycles. The van der Waals surface area contributed by atoms with Gasteiger partial charge in [-0.25, -0.2) is 0 Å². The molecule has 0 aliphatic heterocycles. The molecule has 5 aliphatic carbocycles. The second-order valence-electron chi connectivity index (χ2n) is 13.1. The van der Waals surface area contributed by atoms with Crippen molar-refractivity contribution >= 4 is 5.97 Å². The molecule has 0 spiro atoms. The van der Waals surface area contributed by atoms with Crippen molar-refractivity contribution in [2.75, 3.05) is 0 Å². The van der Waals surface area contributed by atoms with E-state index in [-0.39, 0.29) is 27.4 Å². The maximum absolute atomic E-state index is 12.2. The highest BCUT2D eigenvalue weighted by Crippen LogP contribution is 2.75. The normalized spacial score (nSPS) is 49.0. The Bertz CT molecular complexity index is 1060. The molecule has 7 atom stereocenters. The fourth-order valence-corrected chi connectivity index (χ4v) is 8.77. The number of aliphatic carboxylic acids is 1. The summed E-state index contributed by atoms with van der Waals surface area (Å²) in [7, 11) is 0. The lowest BCUT2D eigenvalue weighted by atomic mass is 9.34. The average molecular weight is 453 g/mol. The van der Waals surface area contributed by atoms with Crippen molar-refractivity contribution in [3.63, 3.8) is 0 Å². The van der Waals surface area contributed by atoms with Gasteiger partial charge in [0.2, 0.25) is 0 Å². The zero-order chi connectivity index (χ0) is 24.2. The third-order valence-corrected chi connectivity index (χ3v) is 11.5. The first kappa shape index (κ1) is 23.0. The molecule has 0 amide bonds. The van der Waals surface area contributed by atoms with Gasteiger partial charge < -0.3 is 15.3 Å². The van der Waals surface area contributed by atoms with E-state index >= 15 is 0 Å². The Labute approximate surface area is 198 Å². The van der Waals surface area contributed by atoms with Gasteiger partial charge in [0.15, 0.2) is 0 Å². The lowest BCUT2D eigenvalue weighted by Gasteiger charge is -2.70. The fourth-order valence-electron chi connectivity index (χ4n) is 8.77. The first-order chi connectivity index (χ1) is 15.2. The van der Waals surface area contributed by atoms with Crippen LogP contribution in [0.4, 0.5) is 0 Å². The first-order valence-corrected chi connectivity index (χ1v) is 12.7. The largest absolute Gasteiger partial charge is 0.509 e. The molecular formula is C29H40O4. The zero-order valence-corrected chi connectivity index (χ0v) is 21.1. The van der Waals surface area contributed by atoms with Crippen LogP contribution in [0.2, 0.25) is 0 Å². The summed E-state index contributed by atoms with van der Waals surface area (Å²) >= 11 is 0. The van der Waals surface area contributed by atoms with Gasteiger partial charge in [-0.05, 0) is 104 Å². The second kappa shape index (κ2) is 6.65. The maximum Gasteiger partial charge on any atom is 0.309 e. The topological polar surface area (TPSA) is 77.8 Å². The predicted molar refractivity (Wildman–Crippen MR) is 130 cm³/mol. The van der Waals surface area contributed by atoms with Gasteiger partial charge in [-0.1, -0.05) is 45.4 Å². The van der Waals surface area contributed by atoms with Crippen LogP contribution >= 0.6 is 0 Å². The van der Waals surface area contributed by atoms with Crippen LogP contribution in [0, 0.1) is 33.0 Å². The Morgan fingerprint density at radius 1 is 0.970 bits per heavy atom. The monoisotopic (exact) mass is 452 g/mol. The van der Waals surface area contributed by atoms with Gasteiger partial charge in [0.1, 0.15) is 11.9 Å². The van der Waals surface area contributed by atoms with Crippen LogP contribution in [0.1, 0.15) is 86.5 Å². The van der Waals surface area contributed by atoms with Crippen molar-refractivity contribution in [3.8, 4) is 0 Å². The highest BCUT2D eigenvalue weighted by atomic mass is 16.4. The van der Waals surface area contributed by atoms with Crippen molar-refractivity contribution in [1.29, 1.82) is 0 Å². The van der Waals surface area contributed by atoms with Crippen LogP contribution in [0.5, 0.6) is 0 Å². The lowest BCUT2D eigenvalue weighted by molar-refractivity contribution is -0.178. The molecule has 5 rings (SSSR count).